The van der Waals surface area contributed by atoms with Crippen LogP contribution in [-0.2, 0) is 0 Å². The smallest absolute Gasteiger partial charge is 0.229 e. The molecule has 0 radical (unpaired) electrons. The minimum absolute atomic E-state index is 0.219. The highest BCUT2D eigenvalue weighted by atomic mass is 19.1. The van der Waals surface area contributed by atoms with Crippen LogP contribution >= 0.6 is 0 Å². The third-order valence-electron chi connectivity index (χ3n) is 5.36. The molecule has 1 N–H and O–H groups in total. The fourth-order valence-corrected chi connectivity index (χ4v) is 3.79. The van der Waals surface area contributed by atoms with Crippen LogP contribution in [0.25, 0.3) is 5.69 Å². The van der Waals surface area contributed by atoms with Gasteiger partial charge in [-0.2, -0.15) is 10.2 Å². The highest BCUT2D eigenvalue weighted by molar-refractivity contribution is 5.73. The largest absolute Gasteiger partial charge is 0.494 e. The first kappa shape index (κ1) is 21.2. The molecule has 170 valence electrons. The molecule has 0 fully saturated rings. The van der Waals surface area contributed by atoms with Crippen LogP contribution in [0.3, 0.4) is 0 Å². The van der Waals surface area contributed by atoms with Crippen LogP contribution in [0.2, 0.25) is 0 Å². The second-order valence-electron chi connectivity index (χ2n) is 7.59. The second kappa shape index (κ2) is 8.71. The Morgan fingerprint density at radius 2 is 2.03 bits per heavy atom. The third-order valence-corrected chi connectivity index (χ3v) is 5.36. The Hall–Kier alpha value is -4.65. The summed E-state index contributed by atoms with van der Waals surface area (Å²) >= 11 is 0. The van der Waals surface area contributed by atoms with Gasteiger partial charge in [0.25, 0.3) is 0 Å². The van der Waals surface area contributed by atoms with Gasteiger partial charge in [-0.25, -0.2) is 14.4 Å². The van der Waals surface area contributed by atoms with E-state index in [0.29, 0.717) is 42.1 Å². The van der Waals surface area contributed by atoms with Gasteiger partial charge in [0.1, 0.15) is 24.2 Å². The van der Waals surface area contributed by atoms with Crippen LogP contribution in [0.4, 0.5) is 27.5 Å². The van der Waals surface area contributed by atoms with Gasteiger partial charge in [-0.3, -0.25) is 0 Å². The number of fused-ring (bicyclic) bond motifs is 1. The van der Waals surface area contributed by atoms with Crippen molar-refractivity contribution >= 4 is 23.1 Å². The molecule has 0 aliphatic carbocycles. The summed E-state index contributed by atoms with van der Waals surface area (Å²) < 4.78 is 26.8. The van der Waals surface area contributed by atoms with E-state index in [2.05, 4.69) is 26.3 Å². The summed E-state index contributed by atoms with van der Waals surface area (Å²) in [7, 11) is 1.60. The molecule has 0 amide bonds. The summed E-state index contributed by atoms with van der Waals surface area (Å²) in [6.45, 7) is 2.76. The predicted molar refractivity (Wildman–Crippen MR) is 124 cm³/mol. The van der Waals surface area contributed by atoms with Crippen LogP contribution in [-0.4, -0.2) is 39.8 Å². The lowest BCUT2D eigenvalue weighted by Gasteiger charge is -2.30. The summed E-state index contributed by atoms with van der Waals surface area (Å²) in [6.07, 6.45) is 5.22. The Bertz CT molecular complexity index is 1410. The van der Waals surface area contributed by atoms with E-state index in [4.69, 9.17) is 9.47 Å². The molecule has 10 heteroatoms. The number of aromatic nitrogens is 4. The van der Waals surface area contributed by atoms with Gasteiger partial charge in [0.2, 0.25) is 5.95 Å². The SMILES string of the molecule is COc1cc(Nc2ncc3c(n2)N(c2ccc(F)cc2C#N)CCO3)ccc1-n1cnc(C)c1. The maximum Gasteiger partial charge on any atom is 0.229 e. The van der Waals surface area contributed by atoms with E-state index < -0.39 is 5.82 Å². The van der Waals surface area contributed by atoms with E-state index in [1.807, 2.05) is 40.8 Å². The molecule has 3 heterocycles. The summed E-state index contributed by atoms with van der Waals surface area (Å²) in [5.74, 6) is 1.48. The topological polar surface area (TPSA) is 101 Å². The van der Waals surface area contributed by atoms with E-state index in [0.717, 1.165) is 17.1 Å². The number of ether oxygens (including phenoxy) is 2. The number of imidazole rings is 1. The minimum Gasteiger partial charge on any atom is -0.494 e. The Morgan fingerprint density at radius 1 is 1.18 bits per heavy atom. The van der Waals surface area contributed by atoms with Gasteiger partial charge in [0.05, 0.1) is 48.8 Å². The van der Waals surface area contributed by atoms with Crippen molar-refractivity contribution in [1.29, 1.82) is 5.26 Å². The van der Waals surface area contributed by atoms with Crippen molar-refractivity contribution in [2.75, 3.05) is 30.5 Å². The molecule has 34 heavy (non-hydrogen) atoms. The van der Waals surface area contributed by atoms with E-state index in [-0.39, 0.29) is 5.56 Å². The number of benzene rings is 2. The highest BCUT2D eigenvalue weighted by Gasteiger charge is 2.24. The van der Waals surface area contributed by atoms with Crippen molar-refractivity contribution in [3.05, 3.63) is 72.2 Å². The molecule has 2 aromatic carbocycles. The zero-order valence-electron chi connectivity index (χ0n) is 18.5. The lowest BCUT2D eigenvalue weighted by molar-refractivity contribution is 0.310. The molecule has 0 unspecified atom stereocenters. The van der Waals surface area contributed by atoms with Crippen LogP contribution in [0.15, 0.2) is 55.1 Å². The number of halogens is 1. The second-order valence-corrected chi connectivity index (χ2v) is 7.59. The summed E-state index contributed by atoms with van der Waals surface area (Å²) in [4.78, 5) is 15.1. The molecular formula is C24H20FN7O2. The quantitative estimate of drug-likeness (QED) is 0.474. The van der Waals surface area contributed by atoms with E-state index in [9.17, 15) is 9.65 Å². The predicted octanol–water partition coefficient (Wildman–Crippen LogP) is 4.26. The van der Waals surface area contributed by atoms with E-state index in [1.165, 1.54) is 12.1 Å². The number of hydrogen-bond donors (Lipinski definition) is 1. The van der Waals surface area contributed by atoms with Crippen molar-refractivity contribution in [3.8, 4) is 23.3 Å². The number of nitrogens with zero attached hydrogens (tertiary/aromatic N) is 6. The van der Waals surface area contributed by atoms with Crippen LogP contribution < -0.4 is 19.7 Å². The zero-order chi connectivity index (χ0) is 23.7. The molecule has 0 saturated heterocycles. The van der Waals surface area contributed by atoms with Crippen molar-refractivity contribution in [1.82, 2.24) is 19.5 Å². The summed E-state index contributed by atoms with van der Waals surface area (Å²) in [6, 6.07) is 11.8. The van der Waals surface area contributed by atoms with Crippen molar-refractivity contribution < 1.29 is 13.9 Å². The molecule has 1 aliphatic rings. The van der Waals surface area contributed by atoms with Crippen molar-refractivity contribution in [2.24, 2.45) is 0 Å². The first-order valence-corrected chi connectivity index (χ1v) is 10.5. The van der Waals surface area contributed by atoms with Gasteiger partial charge >= 0.3 is 0 Å². The van der Waals surface area contributed by atoms with Gasteiger partial charge < -0.3 is 24.3 Å². The molecule has 0 spiro atoms. The van der Waals surface area contributed by atoms with E-state index in [1.54, 1.807) is 25.7 Å². The molecule has 4 aromatic rings. The normalized spacial score (nSPS) is 12.5. The Labute approximate surface area is 195 Å². The van der Waals surface area contributed by atoms with Crippen LogP contribution in [0.1, 0.15) is 11.3 Å². The lowest BCUT2D eigenvalue weighted by atomic mass is 10.1. The standard InChI is InChI=1S/C24H20FN7O2/c1-15-13-31(14-28-15)20-6-4-18(10-21(20)33-2)29-24-27-12-22-23(30-24)32(7-8-34-22)19-5-3-17(25)9-16(19)11-26/h3-6,9-10,12-14H,7-8H2,1-2H3,(H,27,29,30). The molecule has 2 aromatic heterocycles. The first-order valence-electron chi connectivity index (χ1n) is 10.5. The molecule has 1 aliphatic heterocycles. The first-order chi connectivity index (χ1) is 16.6. The summed E-state index contributed by atoms with van der Waals surface area (Å²) in [5, 5.41) is 12.7. The van der Waals surface area contributed by atoms with Crippen molar-refractivity contribution in [3.63, 3.8) is 0 Å². The maximum atomic E-state index is 13.7. The van der Waals surface area contributed by atoms with Gasteiger partial charge in [-0.1, -0.05) is 0 Å². The number of methoxy groups -OCH3 is 1. The van der Waals surface area contributed by atoms with Crippen LogP contribution in [0, 0.1) is 24.1 Å². The van der Waals surface area contributed by atoms with E-state index >= 15 is 0 Å². The van der Waals surface area contributed by atoms with Crippen LogP contribution in [0.5, 0.6) is 11.5 Å². The average Bonchev–Trinajstić information content (AvgIpc) is 3.29. The van der Waals surface area contributed by atoms with Crippen molar-refractivity contribution in [2.45, 2.75) is 6.92 Å². The number of aryl methyl sites for hydroxylation is 1. The lowest BCUT2D eigenvalue weighted by Crippen LogP contribution is -2.30. The van der Waals surface area contributed by atoms with Gasteiger partial charge in [0, 0.05) is 18.0 Å². The molecule has 5 rings (SSSR count). The average molecular weight is 457 g/mol. The van der Waals surface area contributed by atoms with Gasteiger partial charge in [0.15, 0.2) is 11.6 Å². The molecular weight excluding hydrogens is 437 g/mol. The third kappa shape index (κ3) is 3.95. The molecule has 0 saturated carbocycles. The maximum absolute atomic E-state index is 13.7. The Kier molecular flexibility index (Phi) is 5.43. The fourth-order valence-electron chi connectivity index (χ4n) is 3.79. The Balaban J connectivity index is 1.47. The highest BCUT2D eigenvalue weighted by Crippen LogP contribution is 2.37. The number of nitriles is 1. The number of rotatable bonds is 5. The van der Waals surface area contributed by atoms with Gasteiger partial charge in [-0.05, 0) is 37.3 Å². The number of nitrogens with one attached hydrogen (secondary N) is 1. The monoisotopic (exact) mass is 457 g/mol. The number of anilines is 4. The zero-order valence-corrected chi connectivity index (χ0v) is 18.5. The van der Waals surface area contributed by atoms with Gasteiger partial charge in [-0.15, -0.1) is 0 Å². The summed E-state index contributed by atoms with van der Waals surface area (Å²) in [5.41, 5.74) is 3.25. The molecule has 0 atom stereocenters. The Morgan fingerprint density at radius 3 is 2.79 bits per heavy atom. The number of hydrogen-bond acceptors (Lipinski definition) is 8. The molecule has 0 bridgehead atoms. The molecule has 9 nitrogen and oxygen atoms in total. The fraction of sp³-hybridized carbons (Fsp3) is 0.167. The minimum atomic E-state index is -0.470.